The highest BCUT2D eigenvalue weighted by Crippen LogP contribution is 2.27. The minimum atomic E-state index is 0.263. The molecule has 4 heteroatoms. The van der Waals surface area contributed by atoms with Gasteiger partial charge < -0.3 is 14.8 Å². The first-order chi connectivity index (χ1) is 9.35. The molecule has 1 aromatic rings. The summed E-state index contributed by atoms with van der Waals surface area (Å²) in [5, 5.41) is 3.61. The van der Waals surface area contributed by atoms with Crippen molar-refractivity contribution in [3.63, 3.8) is 0 Å². The molecule has 0 radical (unpaired) electrons. The maximum atomic E-state index is 5.93. The molecule has 0 aliphatic carbocycles. The second-order valence-corrected chi connectivity index (χ2v) is 5.84. The predicted octanol–water partition coefficient (Wildman–Crippen LogP) is 2.87. The second kappa shape index (κ2) is 7.78. The summed E-state index contributed by atoms with van der Waals surface area (Å²) in [4.78, 5) is 0. The lowest BCUT2D eigenvalue weighted by Crippen LogP contribution is -2.38. The molecule has 19 heavy (non-hydrogen) atoms. The number of thioether (sulfide) groups is 1. The van der Waals surface area contributed by atoms with Crippen molar-refractivity contribution in [2.75, 3.05) is 31.8 Å². The number of benzene rings is 1. The van der Waals surface area contributed by atoms with E-state index in [1.807, 2.05) is 23.9 Å². The average molecular weight is 281 g/mol. The first-order valence-electron chi connectivity index (χ1n) is 6.92. The second-order valence-electron chi connectivity index (χ2n) is 4.69. The van der Waals surface area contributed by atoms with E-state index in [1.54, 1.807) is 7.11 Å². The van der Waals surface area contributed by atoms with E-state index in [0.717, 1.165) is 36.8 Å². The van der Waals surface area contributed by atoms with Gasteiger partial charge in [-0.3, -0.25) is 0 Å². The van der Waals surface area contributed by atoms with E-state index >= 15 is 0 Å². The Labute approximate surface area is 120 Å². The molecule has 1 aliphatic rings. The minimum absolute atomic E-state index is 0.263. The summed E-state index contributed by atoms with van der Waals surface area (Å²) in [5.41, 5.74) is 1.28. The summed E-state index contributed by atoms with van der Waals surface area (Å²) >= 11 is 1.98. The lowest BCUT2D eigenvalue weighted by molar-refractivity contribution is 0.0468. The van der Waals surface area contributed by atoms with E-state index in [1.165, 1.54) is 5.56 Å². The summed E-state index contributed by atoms with van der Waals surface area (Å²) in [7, 11) is 1.70. The van der Waals surface area contributed by atoms with Crippen molar-refractivity contribution in [2.45, 2.75) is 25.5 Å². The maximum Gasteiger partial charge on any atom is 0.118 e. The van der Waals surface area contributed by atoms with Crippen LogP contribution in [0.4, 0.5) is 0 Å². The number of hydrogen-bond donors (Lipinski definition) is 1. The Morgan fingerprint density at radius 1 is 1.42 bits per heavy atom. The van der Waals surface area contributed by atoms with Gasteiger partial charge in [0.15, 0.2) is 0 Å². The molecule has 1 aliphatic heterocycles. The molecule has 2 unspecified atom stereocenters. The van der Waals surface area contributed by atoms with Gasteiger partial charge in [0, 0.05) is 11.5 Å². The third-order valence-electron chi connectivity index (χ3n) is 3.30. The number of rotatable bonds is 6. The van der Waals surface area contributed by atoms with E-state index in [4.69, 9.17) is 9.47 Å². The van der Waals surface area contributed by atoms with Crippen molar-refractivity contribution in [2.24, 2.45) is 0 Å². The number of hydrogen-bond acceptors (Lipinski definition) is 4. The van der Waals surface area contributed by atoms with E-state index in [0.29, 0.717) is 0 Å². The fourth-order valence-corrected chi connectivity index (χ4v) is 3.18. The smallest absolute Gasteiger partial charge is 0.118 e. The number of ether oxygens (including phenoxy) is 2. The van der Waals surface area contributed by atoms with Crippen LogP contribution in [0.25, 0.3) is 0 Å². The van der Waals surface area contributed by atoms with E-state index in [2.05, 4.69) is 24.4 Å². The van der Waals surface area contributed by atoms with Crippen LogP contribution in [0.3, 0.4) is 0 Å². The fourth-order valence-electron chi connectivity index (χ4n) is 2.27. The summed E-state index contributed by atoms with van der Waals surface area (Å²) in [6.07, 6.45) is 1.39. The van der Waals surface area contributed by atoms with Gasteiger partial charge in [-0.15, -0.1) is 0 Å². The lowest BCUT2D eigenvalue weighted by Gasteiger charge is -2.31. The molecule has 2 rings (SSSR count). The summed E-state index contributed by atoms with van der Waals surface area (Å²) in [5.74, 6) is 3.07. The fraction of sp³-hybridized carbons (Fsp3) is 0.600. The molecule has 1 N–H and O–H groups in total. The summed E-state index contributed by atoms with van der Waals surface area (Å²) in [6, 6.07) is 8.58. The Hall–Kier alpha value is -0.710. The predicted molar refractivity (Wildman–Crippen MR) is 81.1 cm³/mol. The minimum Gasteiger partial charge on any atom is -0.497 e. The Kier molecular flexibility index (Phi) is 6.01. The highest BCUT2D eigenvalue weighted by molar-refractivity contribution is 7.99. The van der Waals surface area contributed by atoms with Crippen LogP contribution < -0.4 is 10.1 Å². The molecule has 1 aromatic carbocycles. The SMILES string of the molecule is CCCNC(c1ccc(OC)cc1)C1CSCCO1. The highest BCUT2D eigenvalue weighted by Gasteiger charge is 2.25. The van der Waals surface area contributed by atoms with E-state index < -0.39 is 0 Å². The van der Waals surface area contributed by atoms with Gasteiger partial charge in [0.2, 0.25) is 0 Å². The van der Waals surface area contributed by atoms with Crippen LogP contribution in [0.2, 0.25) is 0 Å². The summed E-state index contributed by atoms with van der Waals surface area (Å²) in [6.45, 7) is 4.06. The molecule has 1 heterocycles. The lowest BCUT2D eigenvalue weighted by atomic mass is 10.0. The molecule has 1 saturated heterocycles. The Morgan fingerprint density at radius 3 is 2.79 bits per heavy atom. The van der Waals surface area contributed by atoms with Crippen LogP contribution in [0.5, 0.6) is 5.75 Å². The van der Waals surface area contributed by atoms with Crippen LogP contribution in [-0.2, 0) is 4.74 Å². The molecule has 0 amide bonds. The van der Waals surface area contributed by atoms with Crippen LogP contribution in [0.15, 0.2) is 24.3 Å². The molecular formula is C15H23NO2S. The van der Waals surface area contributed by atoms with Gasteiger partial charge in [0.1, 0.15) is 5.75 Å². The Bertz CT molecular complexity index is 363. The van der Waals surface area contributed by atoms with Crippen molar-refractivity contribution in [3.05, 3.63) is 29.8 Å². The van der Waals surface area contributed by atoms with Gasteiger partial charge in [-0.1, -0.05) is 19.1 Å². The summed E-state index contributed by atoms with van der Waals surface area (Å²) < 4.78 is 11.2. The zero-order chi connectivity index (χ0) is 13.5. The van der Waals surface area contributed by atoms with Gasteiger partial charge in [-0.25, -0.2) is 0 Å². The quantitative estimate of drug-likeness (QED) is 0.868. The molecule has 0 spiro atoms. The molecular weight excluding hydrogens is 258 g/mol. The standard InChI is InChI=1S/C15H23NO2S/c1-3-8-16-15(14-11-19-10-9-18-14)12-4-6-13(17-2)7-5-12/h4-7,14-16H,3,8-11H2,1-2H3. The van der Waals surface area contributed by atoms with Gasteiger partial charge >= 0.3 is 0 Å². The van der Waals surface area contributed by atoms with Crippen LogP contribution in [-0.4, -0.2) is 37.9 Å². The van der Waals surface area contributed by atoms with Crippen molar-refractivity contribution in [1.29, 1.82) is 0 Å². The van der Waals surface area contributed by atoms with Crippen LogP contribution >= 0.6 is 11.8 Å². The molecule has 0 aromatic heterocycles. The van der Waals surface area contributed by atoms with Crippen molar-refractivity contribution < 1.29 is 9.47 Å². The van der Waals surface area contributed by atoms with E-state index in [9.17, 15) is 0 Å². The van der Waals surface area contributed by atoms with Gasteiger partial charge in [-0.05, 0) is 30.7 Å². The molecule has 106 valence electrons. The highest BCUT2D eigenvalue weighted by atomic mass is 32.2. The molecule has 0 bridgehead atoms. The molecule has 3 nitrogen and oxygen atoms in total. The van der Waals surface area contributed by atoms with E-state index in [-0.39, 0.29) is 12.1 Å². The maximum absolute atomic E-state index is 5.93. The zero-order valence-electron chi connectivity index (χ0n) is 11.7. The first kappa shape index (κ1) is 14.7. The monoisotopic (exact) mass is 281 g/mol. The van der Waals surface area contributed by atoms with Crippen molar-refractivity contribution >= 4 is 11.8 Å². The largest absolute Gasteiger partial charge is 0.497 e. The van der Waals surface area contributed by atoms with Gasteiger partial charge in [0.25, 0.3) is 0 Å². The topological polar surface area (TPSA) is 30.5 Å². The normalized spacial score (nSPS) is 21.1. The Morgan fingerprint density at radius 2 is 2.21 bits per heavy atom. The van der Waals surface area contributed by atoms with Crippen molar-refractivity contribution in [1.82, 2.24) is 5.32 Å². The molecule has 0 saturated carbocycles. The van der Waals surface area contributed by atoms with Gasteiger partial charge in [0.05, 0.1) is 25.9 Å². The van der Waals surface area contributed by atoms with Gasteiger partial charge in [-0.2, -0.15) is 11.8 Å². The van der Waals surface area contributed by atoms with Crippen LogP contribution in [0, 0.1) is 0 Å². The van der Waals surface area contributed by atoms with Crippen LogP contribution in [0.1, 0.15) is 24.9 Å². The number of nitrogens with one attached hydrogen (secondary N) is 1. The first-order valence-corrected chi connectivity index (χ1v) is 8.07. The van der Waals surface area contributed by atoms with Crippen molar-refractivity contribution in [3.8, 4) is 5.75 Å². The third-order valence-corrected chi connectivity index (χ3v) is 4.32. The molecule has 1 fully saturated rings. The average Bonchev–Trinajstić information content (AvgIpc) is 2.49. The third kappa shape index (κ3) is 4.13. The Balaban J connectivity index is 2.10. The molecule has 2 atom stereocenters. The number of methoxy groups -OCH3 is 1. The zero-order valence-corrected chi connectivity index (χ0v) is 12.5.